The molecule has 2 saturated heterocycles. The van der Waals surface area contributed by atoms with E-state index in [1.54, 1.807) is 7.11 Å². The molecule has 348 valence electrons. The van der Waals surface area contributed by atoms with Crippen molar-refractivity contribution >= 4 is 44.9 Å². The molecule has 10 unspecified atom stereocenters. The quantitative estimate of drug-likeness (QED) is 0.0745. The molecule has 1 saturated carbocycles. The van der Waals surface area contributed by atoms with Gasteiger partial charge in [0.2, 0.25) is 16.0 Å². The standard InChI is InChI=1S/C46H58N4O9.H2O4S/c1-8-42(54)23-28-24-45(40(52)57-6,36-30(15-19-49(25-28)26-42)29-13-10-11-14-33(29)47-36)32-21-31-34(22-35(32)56-5)48(4)38-44(31)17-20-50-18-12-16-43(9-2,37(44)50)39(59-27(3)51)46(38,55)41(53)58-7;1-5(2,3)4/h10-14,16,21-22,28,37-39,47,54-55H,8-9,15,17-20,23-26H2,1-7H3;(H2,1,2,3,4). The van der Waals surface area contributed by atoms with E-state index >= 15 is 4.79 Å². The zero-order chi connectivity index (χ0) is 46.4. The highest BCUT2D eigenvalue weighted by atomic mass is 32.3. The number of para-hydroxylation sites is 1. The first kappa shape index (κ1) is 46.0. The molecule has 1 spiro atoms. The molecule has 10 atom stereocenters. The Kier molecular flexibility index (Phi) is 11.6. The second kappa shape index (κ2) is 16.1. The van der Waals surface area contributed by atoms with Gasteiger partial charge in [0.05, 0.1) is 40.5 Å². The van der Waals surface area contributed by atoms with Crippen molar-refractivity contribution in [1.82, 2.24) is 9.88 Å². The Hall–Kier alpha value is -4.56. The van der Waals surface area contributed by atoms with E-state index in [0.29, 0.717) is 69.5 Å². The molecule has 0 radical (unpaired) electrons. The molecule has 3 aromatic rings. The summed E-state index contributed by atoms with van der Waals surface area (Å²) < 4.78 is 56.8. The number of ether oxygens (including phenoxy) is 4. The fraction of sp³-hybridized carbons (Fsp3) is 0.587. The van der Waals surface area contributed by atoms with E-state index in [1.807, 2.05) is 50.1 Å². The molecule has 6 aliphatic rings. The minimum atomic E-state index is -4.92. The summed E-state index contributed by atoms with van der Waals surface area (Å²) in [5.74, 6) is -1.51. The molecular formula is C46H60N4O13S. The molecule has 1 aromatic heterocycles. The van der Waals surface area contributed by atoms with Crippen molar-refractivity contribution in [3.05, 3.63) is 70.9 Å². The van der Waals surface area contributed by atoms with Crippen LogP contribution >= 0.6 is 0 Å². The van der Waals surface area contributed by atoms with E-state index in [1.165, 1.54) is 26.0 Å². The number of carbonyl (C=O) groups excluding carboxylic acids is 3. The second-order valence-corrected chi connectivity index (χ2v) is 19.6. The third-order valence-electron chi connectivity index (χ3n) is 15.8. The number of aliphatic hydroxyl groups is 2. The first-order valence-corrected chi connectivity index (χ1v) is 23.4. The topological polar surface area (TPSA) is 233 Å². The van der Waals surface area contributed by atoms with Gasteiger partial charge in [-0.1, -0.05) is 44.2 Å². The van der Waals surface area contributed by atoms with Crippen LogP contribution in [0.3, 0.4) is 0 Å². The number of benzene rings is 2. The summed E-state index contributed by atoms with van der Waals surface area (Å²) in [5, 5.41) is 26.4. The van der Waals surface area contributed by atoms with Gasteiger partial charge in [-0.15, -0.1) is 0 Å². The average Bonchev–Trinajstić information content (AvgIpc) is 3.92. The Morgan fingerprint density at radius 3 is 2.34 bits per heavy atom. The van der Waals surface area contributed by atoms with Crippen molar-refractivity contribution in [2.24, 2.45) is 11.3 Å². The van der Waals surface area contributed by atoms with Gasteiger partial charge in [0.1, 0.15) is 23.3 Å². The highest BCUT2D eigenvalue weighted by Crippen LogP contribution is 2.68. The maximum absolute atomic E-state index is 15.3. The number of hydrogen-bond acceptors (Lipinski definition) is 14. The van der Waals surface area contributed by atoms with Crippen LogP contribution in [0, 0.1) is 11.3 Å². The molecule has 9 rings (SSSR count). The van der Waals surface area contributed by atoms with Crippen LogP contribution in [0.4, 0.5) is 5.69 Å². The Bertz CT molecular complexity index is 2500. The van der Waals surface area contributed by atoms with Crippen LogP contribution < -0.4 is 14.5 Å². The molecule has 5 N–H and O–H groups in total. The van der Waals surface area contributed by atoms with Gasteiger partial charge in [0, 0.05) is 83.6 Å². The van der Waals surface area contributed by atoms with Crippen LogP contribution in [0.5, 0.6) is 5.75 Å². The Morgan fingerprint density at radius 1 is 1.00 bits per heavy atom. The number of carbonyl (C=O) groups is 3. The lowest BCUT2D eigenvalue weighted by molar-refractivity contribution is -0.916. The van der Waals surface area contributed by atoms with Crippen molar-refractivity contribution in [2.45, 2.75) is 99.5 Å². The number of likely N-dealkylation sites (N-methyl/N-ethyl adjacent to an activating group) is 1. The van der Waals surface area contributed by atoms with Gasteiger partial charge < -0.3 is 48.5 Å². The fourth-order valence-corrected chi connectivity index (χ4v) is 13.7. The van der Waals surface area contributed by atoms with Crippen LogP contribution in [-0.4, -0.2) is 146 Å². The van der Waals surface area contributed by atoms with Gasteiger partial charge in [0.15, 0.2) is 6.10 Å². The van der Waals surface area contributed by atoms with E-state index in [4.69, 9.17) is 36.5 Å². The number of hydrogen-bond donors (Lipinski definition) is 5. The van der Waals surface area contributed by atoms with Gasteiger partial charge in [-0.3, -0.25) is 19.0 Å². The van der Waals surface area contributed by atoms with Crippen LogP contribution in [0.2, 0.25) is 0 Å². The molecule has 2 aromatic carbocycles. The third-order valence-corrected chi connectivity index (χ3v) is 15.8. The van der Waals surface area contributed by atoms with E-state index in [9.17, 15) is 19.8 Å². The number of nitrogens with zero attached hydrogens (tertiary/aromatic N) is 2. The minimum Gasteiger partial charge on any atom is -0.726 e. The van der Waals surface area contributed by atoms with E-state index in [-0.39, 0.29) is 12.0 Å². The summed E-state index contributed by atoms with van der Waals surface area (Å²) in [5.41, 5.74) is -1.50. The van der Waals surface area contributed by atoms with Crippen molar-refractivity contribution in [1.29, 1.82) is 0 Å². The van der Waals surface area contributed by atoms with Gasteiger partial charge in [-0.25, -0.2) is 13.2 Å². The first-order chi connectivity index (χ1) is 30.2. The molecule has 17 nitrogen and oxygen atoms in total. The summed E-state index contributed by atoms with van der Waals surface area (Å²) in [7, 11) is 1.25. The lowest BCUT2D eigenvalue weighted by Crippen LogP contribution is -3.16. The highest BCUT2D eigenvalue weighted by Gasteiger charge is 2.80. The molecule has 3 fully saturated rings. The number of fused-ring (bicyclic) bond motifs is 6. The molecule has 5 aliphatic heterocycles. The number of piperidine rings is 1. The van der Waals surface area contributed by atoms with Crippen LogP contribution in [0.25, 0.3) is 10.9 Å². The molecule has 18 heteroatoms. The normalized spacial score (nSPS) is 35.0. The van der Waals surface area contributed by atoms with E-state index < -0.39 is 67.9 Å². The Labute approximate surface area is 373 Å². The number of aromatic amines is 1. The van der Waals surface area contributed by atoms with Crippen molar-refractivity contribution in [3.63, 3.8) is 0 Å². The van der Waals surface area contributed by atoms with E-state index in [0.717, 1.165) is 46.5 Å². The number of anilines is 1. The molecule has 0 amide bonds. The average molecular weight is 909 g/mol. The summed E-state index contributed by atoms with van der Waals surface area (Å²) in [4.78, 5) is 52.2. The Balaban J connectivity index is 0.00000106. The fourth-order valence-electron chi connectivity index (χ4n) is 13.7. The van der Waals surface area contributed by atoms with Crippen molar-refractivity contribution < 1.29 is 66.0 Å². The zero-order valence-electron chi connectivity index (χ0n) is 37.4. The van der Waals surface area contributed by atoms with Gasteiger partial charge in [-0.2, -0.15) is 0 Å². The van der Waals surface area contributed by atoms with Gasteiger partial charge >= 0.3 is 17.9 Å². The summed E-state index contributed by atoms with van der Waals surface area (Å²) in [6.07, 6.45) is 6.06. The predicted octanol–water partition coefficient (Wildman–Crippen LogP) is 1.58. The number of methoxy groups -OCH3 is 3. The smallest absolute Gasteiger partial charge is 0.344 e. The monoisotopic (exact) mass is 908 g/mol. The lowest BCUT2D eigenvalue weighted by atomic mass is 9.47. The van der Waals surface area contributed by atoms with Crippen molar-refractivity contribution in [3.8, 4) is 5.75 Å². The zero-order valence-corrected chi connectivity index (χ0v) is 38.2. The summed E-state index contributed by atoms with van der Waals surface area (Å²) in [6, 6.07) is 11.0. The molecule has 2 bridgehead atoms. The maximum atomic E-state index is 15.3. The van der Waals surface area contributed by atoms with Crippen LogP contribution in [-0.2, 0) is 56.2 Å². The largest absolute Gasteiger partial charge is 0.726 e. The number of quaternary nitrogens is 1. The number of rotatable bonds is 7. The number of aromatic nitrogens is 1. The molecular weight excluding hydrogens is 849 g/mol. The molecule has 6 heterocycles. The molecule has 64 heavy (non-hydrogen) atoms. The van der Waals surface area contributed by atoms with Crippen molar-refractivity contribution in [2.75, 3.05) is 66.0 Å². The van der Waals surface area contributed by atoms with Gasteiger partial charge in [0.25, 0.3) is 0 Å². The first-order valence-electron chi connectivity index (χ1n) is 22.0. The minimum absolute atomic E-state index is 0.0616. The summed E-state index contributed by atoms with van der Waals surface area (Å²) >= 11 is 0. The van der Waals surface area contributed by atoms with Crippen LogP contribution in [0.1, 0.15) is 75.3 Å². The third kappa shape index (κ3) is 6.69. The summed E-state index contributed by atoms with van der Waals surface area (Å²) in [6.45, 7) is 8.90. The van der Waals surface area contributed by atoms with Crippen LogP contribution in [0.15, 0.2) is 48.6 Å². The SMILES string of the molecule is CCC1(O)CC2C[NH+](CCc3c([nH]c4ccccc34)C(C(=O)OC)(c3cc4c(cc3OC)N(C)C3C(O)(C(=O)OC)C(OC(C)=O)C5(CC)C=CCN6CCC43C65)C2)C1.O=S(=O)([O-])O. The molecule has 1 aliphatic carbocycles. The van der Waals surface area contributed by atoms with E-state index in [2.05, 4.69) is 34.2 Å². The highest BCUT2D eigenvalue weighted by molar-refractivity contribution is 7.79. The number of esters is 3. The van der Waals surface area contributed by atoms with Gasteiger partial charge in [-0.05, 0) is 61.9 Å². The second-order valence-electron chi connectivity index (χ2n) is 18.8. The Morgan fingerprint density at radius 2 is 1.70 bits per heavy atom. The number of nitrogens with one attached hydrogen (secondary N) is 2. The predicted molar refractivity (Wildman–Crippen MR) is 232 cm³/mol. The lowest BCUT2D eigenvalue weighted by Gasteiger charge is -2.63. The maximum Gasteiger partial charge on any atom is 0.344 e. The number of H-pyrrole nitrogens is 1.